The van der Waals surface area contributed by atoms with Crippen LogP contribution in [-0.4, -0.2) is 20.7 Å². The zero-order valence-corrected chi connectivity index (χ0v) is 15.4. The van der Waals surface area contributed by atoms with Crippen LogP contribution < -0.4 is 11.0 Å². The van der Waals surface area contributed by atoms with Crippen LogP contribution in [0.4, 0.5) is 10.1 Å². The van der Waals surface area contributed by atoms with Crippen molar-refractivity contribution < 1.29 is 9.18 Å². The Morgan fingerprint density at radius 1 is 1.22 bits per heavy atom. The smallest absolute Gasteiger partial charge is 0.324 e. The second-order valence-electron chi connectivity index (χ2n) is 6.03. The Morgan fingerprint density at radius 3 is 2.56 bits per heavy atom. The van der Waals surface area contributed by atoms with Crippen LogP contribution in [0.1, 0.15) is 18.5 Å². The van der Waals surface area contributed by atoms with Gasteiger partial charge in [-0.15, -0.1) is 0 Å². The lowest BCUT2D eigenvalue weighted by molar-refractivity contribution is -0.119. The molecule has 1 amide bonds. The van der Waals surface area contributed by atoms with Crippen LogP contribution in [0, 0.1) is 12.7 Å². The zero-order chi connectivity index (χ0) is 19.6. The first-order valence-electron chi connectivity index (χ1n) is 8.14. The molecule has 0 spiro atoms. The van der Waals surface area contributed by atoms with E-state index in [9.17, 15) is 14.0 Å². The highest BCUT2D eigenvalue weighted by atomic mass is 35.5. The summed E-state index contributed by atoms with van der Waals surface area (Å²) < 4.78 is 14.2. The van der Waals surface area contributed by atoms with Gasteiger partial charge in [0, 0.05) is 11.3 Å². The van der Waals surface area contributed by atoms with E-state index in [0.29, 0.717) is 11.4 Å². The van der Waals surface area contributed by atoms with E-state index in [2.05, 4.69) is 15.4 Å². The number of amides is 1. The molecule has 138 valence electrons. The summed E-state index contributed by atoms with van der Waals surface area (Å²) >= 11 is 5.70. The highest BCUT2D eigenvalue weighted by Gasteiger charge is 2.19. The molecule has 0 saturated heterocycles. The first-order valence-corrected chi connectivity index (χ1v) is 8.52. The maximum atomic E-state index is 13.2. The predicted molar refractivity (Wildman–Crippen MR) is 101 cm³/mol. The lowest BCUT2D eigenvalue weighted by Crippen LogP contribution is -2.34. The summed E-state index contributed by atoms with van der Waals surface area (Å²) in [4.78, 5) is 28.7. The maximum Gasteiger partial charge on any atom is 0.365 e. The first-order chi connectivity index (χ1) is 12.8. The number of aromatic nitrogens is 3. The number of rotatable bonds is 4. The quantitative estimate of drug-likeness (QED) is 0.743. The molecule has 1 atom stereocenters. The van der Waals surface area contributed by atoms with Crippen molar-refractivity contribution in [3.8, 4) is 11.3 Å². The molecule has 0 radical (unpaired) electrons. The second-order valence-corrected chi connectivity index (χ2v) is 6.44. The van der Waals surface area contributed by atoms with Crippen LogP contribution in [0.15, 0.2) is 53.5 Å². The number of nitrogens with zero attached hydrogens (tertiary/aromatic N) is 3. The summed E-state index contributed by atoms with van der Waals surface area (Å²) in [5, 5.41) is 6.53. The minimum Gasteiger partial charge on any atom is -0.324 e. The van der Waals surface area contributed by atoms with E-state index in [1.807, 2.05) is 31.2 Å². The first kappa shape index (κ1) is 18.7. The van der Waals surface area contributed by atoms with Crippen molar-refractivity contribution in [3.05, 3.63) is 75.5 Å². The Balaban J connectivity index is 1.80. The van der Waals surface area contributed by atoms with Gasteiger partial charge in [0.2, 0.25) is 5.91 Å². The summed E-state index contributed by atoms with van der Waals surface area (Å²) in [7, 11) is 0. The summed E-state index contributed by atoms with van der Waals surface area (Å²) in [6.45, 7) is 3.48. The van der Waals surface area contributed by atoms with E-state index < -0.39 is 23.5 Å². The van der Waals surface area contributed by atoms with Gasteiger partial charge in [-0.05, 0) is 32.0 Å². The van der Waals surface area contributed by atoms with Gasteiger partial charge in [0.1, 0.15) is 11.9 Å². The van der Waals surface area contributed by atoms with E-state index in [1.54, 1.807) is 0 Å². The van der Waals surface area contributed by atoms with E-state index in [-0.39, 0.29) is 5.02 Å². The molecule has 0 fully saturated rings. The third-order valence-corrected chi connectivity index (χ3v) is 4.29. The molecule has 0 aliphatic rings. The SMILES string of the molecule is Cc1ccc(-c2cnn([C@H](C)C(=O)Nc3ccc(F)c(Cl)c3)c(=O)n2)cc1. The monoisotopic (exact) mass is 386 g/mol. The molecule has 1 heterocycles. The van der Waals surface area contributed by atoms with E-state index in [4.69, 9.17) is 11.6 Å². The van der Waals surface area contributed by atoms with Crippen molar-refractivity contribution in [1.29, 1.82) is 0 Å². The Labute approximate surface area is 159 Å². The summed E-state index contributed by atoms with van der Waals surface area (Å²) in [5.41, 5.74) is 1.94. The largest absolute Gasteiger partial charge is 0.365 e. The fourth-order valence-corrected chi connectivity index (χ4v) is 2.59. The Morgan fingerprint density at radius 2 is 1.93 bits per heavy atom. The van der Waals surface area contributed by atoms with Crippen molar-refractivity contribution in [1.82, 2.24) is 14.8 Å². The Kier molecular flexibility index (Phi) is 5.32. The summed E-state index contributed by atoms with van der Waals surface area (Å²) in [6.07, 6.45) is 1.44. The molecule has 1 aromatic heterocycles. The van der Waals surface area contributed by atoms with Gasteiger partial charge in [0.25, 0.3) is 0 Å². The van der Waals surface area contributed by atoms with Crippen LogP contribution in [-0.2, 0) is 4.79 Å². The van der Waals surface area contributed by atoms with Crippen LogP contribution in [0.2, 0.25) is 5.02 Å². The standard InChI is InChI=1S/C19H16ClFN4O2/c1-11-3-5-13(6-4-11)17-10-22-25(19(27)24-17)12(2)18(26)23-14-7-8-16(21)15(20)9-14/h3-10,12H,1-2H3,(H,23,26)/t12-/m1/s1. The van der Waals surface area contributed by atoms with Crippen molar-refractivity contribution >= 4 is 23.2 Å². The fraction of sp³-hybridized carbons (Fsp3) is 0.158. The van der Waals surface area contributed by atoms with Crippen molar-refractivity contribution in [2.45, 2.75) is 19.9 Å². The number of carbonyl (C=O) groups excluding carboxylic acids is 1. The lowest BCUT2D eigenvalue weighted by Gasteiger charge is -2.14. The Bertz CT molecular complexity index is 1050. The third kappa shape index (κ3) is 4.20. The van der Waals surface area contributed by atoms with Crippen LogP contribution >= 0.6 is 11.6 Å². The topological polar surface area (TPSA) is 76.9 Å². The average molecular weight is 387 g/mol. The van der Waals surface area contributed by atoms with Gasteiger partial charge in [-0.3, -0.25) is 4.79 Å². The number of aryl methyl sites for hydroxylation is 1. The molecule has 1 N–H and O–H groups in total. The Hall–Kier alpha value is -3.06. The number of anilines is 1. The van der Waals surface area contributed by atoms with Gasteiger partial charge in [-0.2, -0.15) is 10.1 Å². The number of nitrogens with one attached hydrogen (secondary N) is 1. The van der Waals surface area contributed by atoms with Crippen molar-refractivity contribution in [2.24, 2.45) is 0 Å². The molecule has 3 rings (SSSR count). The van der Waals surface area contributed by atoms with Gasteiger partial charge >= 0.3 is 5.69 Å². The molecule has 27 heavy (non-hydrogen) atoms. The summed E-state index contributed by atoms with van der Waals surface area (Å²) in [6, 6.07) is 10.4. The van der Waals surface area contributed by atoms with Gasteiger partial charge in [0.15, 0.2) is 0 Å². The highest BCUT2D eigenvalue weighted by molar-refractivity contribution is 6.31. The lowest BCUT2D eigenvalue weighted by atomic mass is 10.1. The predicted octanol–water partition coefficient (Wildman–Crippen LogP) is 3.61. The highest BCUT2D eigenvalue weighted by Crippen LogP contribution is 2.20. The number of benzene rings is 2. The molecule has 0 bridgehead atoms. The number of carbonyl (C=O) groups is 1. The number of hydrogen-bond acceptors (Lipinski definition) is 4. The van der Waals surface area contributed by atoms with Crippen molar-refractivity contribution in [2.75, 3.05) is 5.32 Å². The average Bonchev–Trinajstić information content (AvgIpc) is 2.64. The normalized spacial score (nSPS) is 11.9. The van der Waals surface area contributed by atoms with E-state index in [1.165, 1.54) is 25.3 Å². The molecule has 6 nitrogen and oxygen atoms in total. The van der Waals surface area contributed by atoms with Crippen LogP contribution in [0.5, 0.6) is 0 Å². The fourth-order valence-electron chi connectivity index (χ4n) is 2.41. The van der Waals surface area contributed by atoms with Crippen LogP contribution in [0.3, 0.4) is 0 Å². The molecular weight excluding hydrogens is 371 g/mol. The molecule has 0 aliphatic heterocycles. The molecular formula is C19H16ClFN4O2. The molecule has 0 aliphatic carbocycles. The molecule has 0 unspecified atom stereocenters. The van der Waals surface area contributed by atoms with Crippen LogP contribution in [0.25, 0.3) is 11.3 Å². The molecule has 2 aromatic carbocycles. The zero-order valence-electron chi connectivity index (χ0n) is 14.6. The minimum absolute atomic E-state index is 0.111. The third-order valence-electron chi connectivity index (χ3n) is 4.00. The van der Waals surface area contributed by atoms with E-state index in [0.717, 1.165) is 21.9 Å². The van der Waals surface area contributed by atoms with E-state index >= 15 is 0 Å². The van der Waals surface area contributed by atoms with Gasteiger partial charge < -0.3 is 5.32 Å². The maximum absolute atomic E-state index is 13.2. The molecule has 8 heteroatoms. The van der Waals surface area contributed by atoms with Gasteiger partial charge in [-0.25, -0.2) is 13.9 Å². The second kappa shape index (κ2) is 7.67. The summed E-state index contributed by atoms with van der Waals surface area (Å²) in [5.74, 6) is -1.09. The molecule has 0 saturated carbocycles. The number of halogens is 2. The van der Waals surface area contributed by atoms with Gasteiger partial charge in [0.05, 0.1) is 16.9 Å². The molecule has 3 aromatic rings. The van der Waals surface area contributed by atoms with Crippen molar-refractivity contribution in [3.63, 3.8) is 0 Å². The minimum atomic E-state index is -0.916. The number of hydrogen-bond donors (Lipinski definition) is 1. The van der Waals surface area contributed by atoms with Gasteiger partial charge in [-0.1, -0.05) is 41.4 Å².